The standard InChI is InChI=1S/C21H24O5S/c1-21(2,3)16-10-13(9-15(11-16)19(22)23)12-26-17-6-4-5-14(7-8-27)18(17)20(24)25/h4-6,9-11,27H,7-8,12H2,1-3H3,(H,22,23)(H,24,25). The smallest absolute Gasteiger partial charge is 0.339 e. The summed E-state index contributed by atoms with van der Waals surface area (Å²) >= 11 is 4.17. The molecule has 0 unspecified atom stereocenters. The fourth-order valence-electron chi connectivity index (χ4n) is 2.76. The molecule has 0 aromatic heterocycles. The Balaban J connectivity index is 2.37. The van der Waals surface area contributed by atoms with Gasteiger partial charge < -0.3 is 14.9 Å². The largest absolute Gasteiger partial charge is 0.488 e. The van der Waals surface area contributed by atoms with E-state index in [1.165, 1.54) is 0 Å². The highest BCUT2D eigenvalue weighted by Gasteiger charge is 2.19. The van der Waals surface area contributed by atoms with E-state index >= 15 is 0 Å². The number of aryl methyl sites for hydroxylation is 1. The lowest BCUT2D eigenvalue weighted by Crippen LogP contribution is -2.14. The molecule has 0 aliphatic rings. The quantitative estimate of drug-likeness (QED) is 0.611. The van der Waals surface area contributed by atoms with Crippen LogP contribution < -0.4 is 4.74 Å². The Hall–Kier alpha value is -2.47. The van der Waals surface area contributed by atoms with Crippen molar-refractivity contribution in [2.45, 2.75) is 39.2 Å². The maximum absolute atomic E-state index is 11.7. The van der Waals surface area contributed by atoms with Gasteiger partial charge in [0, 0.05) is 0 Å². The van der Waals surface area contributed by atoms with Crippen LogP contribution in [0, 0.1) is 0 Å². The number of benzene rings is 2. The SMILES string of the molecule is CC(C)(C)c1cc(COc2cccc(CCS)c2C(=O)O)cc(C(=O)O)c1. The molecule has 2 aromatic rings. The number of carbonyl (C=O) groups is 2. The van der Waals surface area contributed by atoms with Crippen molar-refractivity contribution in [2.75, 3.05) is 5.75 Å². The molecular formula is C21H24O5S. The van der Waals surface area contributed by atoms with Gasteiger partial charge in [-0.2, -0.15) is 12.6 Å². The van der Waals surface area contributed by atoms with E-state index in [0.717, 1.165) is 5.56 Å². The number of carboxylic acids is 2. The number of hydrogen-bond acceptors (Lipinski definition) is 4. The topological polar surface area (TPSA) is 83.8 Å². The van der Waals surface area contributed by atoms with E-state index in [1.54, 1.807) is 30.3 Å². The van der Waals surface area contributed by atoms with E-state index in [0.29, 0.717) is 23.3 Å². The predicted molar refractivity (Wildman–Crippen MR) is 107 cm³/mol. The van der Waals surface area contributed by atoms with Gasteiger partial charge in [-0.1, -0.05) is 39.0 Å². The molecular weight excluding hydrogens is 364 g/mol. The maximum Gasteiger partial charge on any atom is 0.339 e. The van der Waals surface area contributed by atoms with Crippen LogP contribution in [0.1, 0.15) is 58.2 Å². The van der Waals surface area contributed by atoms with Crippen molar-refractivity contribution >= 4 is 24.6 Å². The highest BCUT2D eigenvalue weighted by Crippen LogP contribution is 2.27. The molecule has 0 saturated heterocycles. The van der Waals surface area contributed by atoms with E-state index in [2.05, 4.69) is 12.6 Å². The van der Waals surface area contributed by atoms with Crippen LogP contribution in [0.5, 0.6) is 5.75 Å². The minimum Gasteiger partial charge on any atom is -0.488 e. The minimum absolute atomic E-state index is 0.0782. The van der Waals surface area contributed by atoms with Crippen molar-refractivity contribution in [1.29, 1.82) is 0 Å². The number of rotatable bonds is 7. The number of thiol groups is 1. The normalized spacial score (nSPS) is 11.3. The zero-order chi connectivity index (χ0) is 20.2. The molecule has 0 heterocycles. The molecule has 0 amide bonds. The molecule has 2 rings (SSSR count). The van der Waals surface area contributed by atoms with Crippen LogP contribution >= 0.6 is 12.6 Å². The summed E-state index contributed by atoms with van der Waals surface area (Å²) in [6.45, 7) is 6.08. The zero-order valence-electron chi connectivity index (χ0n) is 15.7. The summed E-state index contributed by atoms with van der Waals surface area (Å²) in [7, 11) is 0. The molecule has 0 bridgehead atoms. The van der Waals surface area contributed by atoms with Gasteiger partial charge in [0.15, 0.2) is 0 Å². The van der Waals surface area contributed by atoms with Crippen molar-refractivity contribution in [3.63, 3.8) is 0 Å². The van der Waals surface area contributed by atoms with Crippen LogP contribution in [0.25, 0.3) is 0 Å². The van der Waals surface area contributed by atoms with Crippen LogP contribution in [-0.2, 0) is 18.4 Å². The fourth-order valence-corrected chi connectivity index (χ4v) is 3.00. The first-order valence-electron chi connectivity index (χ1n) is 8.60. The molecule has 0 fully saturated rings. The Kier molecular flexibility index (Phi) is 6.54. The molecule has 5 nitrogen and oxygen atoms in total. The molecule has 27 heavy (non-hydrogen) atoms. The van der Waals surface area contributed by atoms with Crippen molar-refractivity contribution in [3.05, 3.63) is 64.2 Å². The second-order valence-corrected chi connectivity index (χ2v) is 7.78. The Labute approximate surface area is 164 Å². The summed E-state index contributed by atoms with van der Waals surface area (Å²) < 4.78 is 5.78. The Morgan fingerprint density at radius 1 is 1.07 bits per heavy atom. The van der Waals surface area contributed by atoms with Gasteiger partial charge >= 0.3 is 11.9 Å². The third-order valence-electron chi connectivity index (χ3n) is 4.21. The summed E-state index contributed by atoms with van der Waals surface area (Å²) in [5.74, 6) is -1.28. The molecule has 0 saturated carbocycles. The summed E-state index contributed by atoms with van der Waals surface area (Å²) in [6.07, 6.45) is 0.518. The number of hydrogen-bond donors (Lipinski definition) is 3. The molecule has 0 aliphatic heterocycles. The third-order valence-corrected chi connectivity index (χ3v) is 4.43. The van der Waals surface area contributed by atoms with Crippen LogP contribution in [0.15, 0.2) is 36.4 Å². The van der Waals surface area contributed by atoms with Crippen molar-refractivity contribution < 1.29 is 24.5 Å². The molecule has 0 spiro atoms. The van der Waals surface area contributed by atoms with Gasteiger partial charge in [0.2, 0.25) is 0 Å². The lowest BCUT2D eigenvalue weighted by Gasteiger charge is -2.21. The lowest BCUT2D eigenvalue weighted by atomic mass is 9.85. The minimum atomic E-state index is -1.06. The first-order valence-corrected chi connectivity index (χ1v) is 9.23. The number of ether oxygens (including phenoxy) is 1. The van der Waals surface area contributed by atoms with Crippen molar-refractivity contribution in [1.82, 2.24) is 0 Å². The molecule has 2 N–H and O–H groups in total. The highest BCUT2D eigenvalue weighted by atomic mass is 32.1. The summed E-state index contributed by atoms with van der Waals surface area (Å²) in [4.78, 5) is 23.1. The highest BCUT2D eigenvalue weighted by molar-refractivity contribution is 7.80. The molecule has 0 atom stereocenters. The zero-order valence-corrected chi connectivity index (χ0v) is 16.5. The predicted octanol–water partition coefficient (Wildman–Crippen LogP) is 4.43. The average molecular weight is 388 g/mol. The summed E-state index contributed by atoms with van der Waals surface area (Å²) in [6, 6.07) is 10.2. The van der Waals surface area contributed by atoms with Gasteiger partial charge in [0.1, 0.15) is 17.9 Å². The van der Waals surface area contributed by atoms with Crippen LogP contribution in [0.4, 0.5) is 0 Å². The van der Waals surface area contributed by atoms with E-state index < -0.39 is 11.9 Å². The van der Waals surface area contributed by atoms with Gasteiger partial charge in [-0.25, -0.2) is 9.59 Å². The Morgan fingerprint density at radius 3 is 2.33 bits per heavy atom. The molecule has 0 aliphatic carbocycles. The van der Waals surface area contributed by atoms with Gasteiger partial charge in [0.25, 0.3) is 0 Å². The van der Waals surface area contributed by atoms with Crippen molar-refractivity contribution in [2.24, 2.45) is 0 Å². The van der Waals surface area contributed by atoms with Crippen molar-refractivity contribution in [3.8, 4) is 5.75 Å². The second-order valence-electron chi connectivity index (χ2n) is 7.33. The van der Waals surface area contributed by atoms with Crippen LogP contribution in [0.2, 0.25) is 0 Å². The molecule has 144 valence electrons. The molecule has 6 heteroatoms. The Morgan fingerprint density at radius 2 is 1.78 bits per heavy atom. The number of aromatic carboxylic acids is 2. The first-order chi connectivity index (χ1) is 12.6. The second kappa shape index (κ2) is 8.48. The van der Waals surface area contributed by atoms with E-state index in [9.17, 15) is 19.8 Å². The van der Waals surface area contributed by atoms with Gasteiger partial charge in [-0.05, 0) is 52.5 Å². The van der Waals surface area contributed by atoms with E-state index in [4.69, 9.17) is 4.74 Å². The number of carboxylic acid groups (broad SMARTS) is 2. The molecule has 2 aromatic carbocycles. The van der Waals surface area contributed by atoms with E-state index in [-0.39, 0.29) is 28.9 Å². The summed E-state index contributed by atoms with van der Waals surface area (Å²) in [5, 5.41) is 18.9. The first kappa shape index (κ1) is 20.8. The lowest BCUT2D eigenvalue weighted by molar-refractivity contribution is 0.0683. The van der Waals surface area contributed by atoms with Gasteiger partial charge in [-0.3, -0.25) is 0 Å². The van der Waals surface area contributed by atoms with Gasteiger partial charge in [0.05, 0.1) is 5.56 Å². The molecule has 0 radical (unpaired) electrons. The summed E-state index contributed by atoms with van der Waals surface area (Å²) in [5.41, 5.74) is 2.29. The maximum atomic E-state index is 11.7. The van der Waals surface area contributed by atoms with Crippen LogP contribution in [-0.4, -0.2) is 27.9 Å². The van der Waals surface area contributed by atoms with Gasteiger partial charge in [-0.15, -0.1) is 0 Å². The van der Waals surface area contributed by atoms with Crippen LogP contribution in [0.3, 0.4) is 0 Å². The van der Waals surface area contributed by atoms with E-state index in [1.807, 2.05) is 26.8 Å². The fraction of sp³-hybridized carbons (Fsp3) is 0.333. The monoisotopic (exact) mass is 388 g/mol. The third kappa shape index (κ3) is 5.26. The average Bonchev–Trinajstić information content (AvgIpc) is 2.59. The Bertz CT molecular complexity index is 852.